The Morgan fingerprint density at radius 3 is 2.12 bits per heavy atom. The van der Waals surface area contributed by atoms with E-state index in [0.717, 1.165) is 13.0 Å². The zero-order chi connectivity index (χ0) is 18.0. The normalized spacial score (nSPS) is 12.0. The summed E-state index contributed by atoms with van der Waals surface area (Å²) in [7, 11) is -1.78. The maximum atomic E-state index is 12.1. The van der Waals surface area contributed by atoms with Gasteiger partial charge in [0.2, 0.25) is 10.0 Å². The molecule has 2 aromatic rings. The summed E-state index contributed by atoms with van der Waals surface area (Å²) >= 11 is 0. The lowest BCUT2D eigenvalue weighted by atomic mass is 10.1. The fourth-order valence-corrected chi connectivity index (χ4v) is 3.29. The van der Waals surface area contributed by atoms with Crippen LogP contribution in [0.2, 0.25) is 0 Å². The van der Waals surface area contributed by atoms with Crippen molar-refractivity contribution in [2.45, 2.75) is 11.3 Å². The Bertz CT molecular complexity index is 762. The second-order valence-corrected chi connectivity index (χ2v) is 7.14. The van der Waals surface area contributed by atoms with E-state index in [1.807, 2.05) is 18.2 Å². The van der Waals surface area contributed by atoms with E-state index < -0.39 is 10.0 Å². The van der Waals surface area contributed by atoms with Gasteiger partial charge in [-0.05, 0) is 24.1 Å². The predicted octanol–water partition coefficient (Wildman–Crippen LogP) is 1.37. The second kappa shape index (κ2) is 9.80. The SMILES string of the molecule is CN=C(NCCNS(=O)(=O)c1ccccc1)NCCc1ccccc1. The van der Waals surface area contributed by atoms with Crippen molar-refractivity contribution in [3.63, 3.8) is 0 Å². The lowest BCUT2D eigenvalue weighted by Crippen LogP contribution is -2.42. The van der Waals surface area contributed by atoms with Crippen LogP contribution < -0.4 is 15.4 Å². The fraction of sp³-hybridized carbons (Fsp3) is 0.278. The van der Waals surface area contributed by atoms with E-state index in [1.54, 1.807) is 37.4 Å². The first-order chi connectivity index (χ1) is 12.1. The number of nitrogens with one attached hydrogen (secondary N) is 3. The van der Waals surface area contributed by atoms with Crippen molar-refractivity contribution in [2.24, 2.45) is 4.99 Å². The van der Waals surface area contributed by atoms with Gasteiger partial charge in [0.25, 0.3) is 0 Å². The molecule has 0 fully saturated rings. The van der Waals surface area contributed by atoms with Crippen molar-refractivity contribution in [3.05, 3.63) is 66.2 Å². The molecule has 0 heterocycles. The van der Waals surface area contributed by atoms with E-state index in [-0.39, 0.29) is 11.4 Å². The van der Waals surface area contributed by atoms with E-state index in [9.17, 15) is 8.42 Å². The monoisotopic (exact) mass is 360 g/mol. The smallest absolute Gasteiger partial charge is 0.240 e. The van der Waals surface area contributed by atoms with Crippen molar-refractivity contribution in [3.8, 4) is 0 Å². The summed E-state index contributed by atoms with van der Waals surface area (Å²) in [6.45, 7) is 1.47. The Morgan fingerprint density at radius 1 is 0.880 bits per heavy atom. The first-order valence-corrected chi connectivity index (χ1v) is 9.63. The average molecular weight is 360 g/mol. The molecule has 0 saturated carbocycles. The van der Waals surface area contributed by atoms with Crippen LogP contribution in [0.5, 0.6) is 0 Å². The molecule has 0 aliphatic heterocycles. The Labute approximate surface area is 149 Å². The molecule has 0 spiro atoms. The van der Waals surface area contributed by atoms with Gasteiger partial charge in [0.15, 0.2) is 5.96 Å². The number of rotatable bonds is 8. The minimum atomic E-state index is -3.47. The third kappa shape index (κ3) is 6.56. The Balaban J connectivity index is 1.69. The van der Waals surface area contributed by atoms with Gasteiger partial charge < -0.3 is 10.6 Å². The van der Waals surface area contributed by atoms with Crippen LogP contribution in [0.25, 0.3) is 0 Å². The summed E-state index contributed by atoms with van der Waals surface area (Å²) in [5, 5.41) is 6.30. The maximum Gasteiger partial charge on any atom is 0.240 e. The number of nitrogens with zero attached hydrogens (tertiary/aromatic N) is 1. The molecular formula is C18H24N4O2S. The summed E-state index contributed by atoms with van der Waals surface area (Å²) in [4.78, 5) is 4.39. The van der Waals surface area contributed by atoms with Crippen LogP contribution in [-0.4, -0.2) is 41.1 Å². The van der Waals surface area contributed by atoms with E-state index in [4.69, 9.17) is 0 Å². The molecule has 0 amide bonds. The fourth-order valence-electron chi connectivity index (χ4n) is 2.24. The Morgan fingerprint density at radius 2 is 1.48 bits per heavy atom. The molecule has 0 saturated heterocycles. The predicted molar refractivity (Wildman–Crippen MR) is 101 cm³/mol. The van der Waals surface area contributed by atoms with Gasteiger partial charge in [-0.2, -0.15) is 0 Å². The van der Waals surface area contributed by atoms with E-state index in [2.05, 4.69) is 32.5 Å². The molecule has 0 radical (unpaired) electrons. The van der Waals surface area contributed by atoms with Crippen molar-refractivity contribution in [1.29, 1.82) is 0 Å². The molecule has 0 unspecified atom stereocenters. The van der Waals surface area contributed by atoms with Crippen LogP contribution in [0.4, 0.5) is 0 Å². The molecule has 2 rings (SSSR count). The molecule has 0 bridgehead atoms. The highest BCUT2D eigenvalue weighted by Crippen LogP contribution is 2.06. The zero-order valence-electron chi connectivity index (χ0n) is 14.3. The van der Waals surface area contributed by atoms with Gasteiger partial charge in [0.05, 0.1) is 4.90 Å². The van der Waals surface area contributed by atoms with Crippen LogP contribution >= 0.6 is 0 Å². The van der Waals surface area contributed by atoms with Gasteiger partial charge in [0, 0.05) is 26.7 Å². The number of hydrogen-bond acceptors (Lipinski definition) is 3. The lowest BCUT2D eigenvalue weighted by molar-refractivity contribution is 0.580. The average Bonchev–Trinajstić information content (AvgIpc) is 2.65. The van der Waals surface area contributed by atoms with Gasteiger partial charge in [-0.15, -0.1) is 0 Å². The maximum absolute atomic E-state index is 12.1. The Hall–Kier alpha value is -2.38. The molecule has 3 N–H and O–H groups in total. The summed E-state index contributed by atoms with van der Waals surface area (Å²) in [6.07, 6.45) is 0.891. The molecule has 0 aliphatic carbocycles. The summed E-state index contributed by atoms with van der Waals surface area (Å²) < 4.78 is 26.7. The molecular weight excluding hydrogens is 336 g/mol. The molecule has 0 atom stereocenters. The minimum absolute atomic E-state index is 0.264. The van der Waals surface area contributed by atoms with Crippen molar-refractivity contribution in [2.75, 3.05) is 26.7 Å². The van der Waals surface area contributed by atoms with E-state index >= 15 is 0 Å². The third-order valence-corrected chi connectivity index (χ3v) is 5.01. The minimum Gasteiger partial charge on any atom is -0.356 e. The van der Waals surface area contributed by atoms with E-state index in [1.165, 1.54) is 5.56 Å². The Kier molecular flexibility index (Phi) is 7.43. The van der Waals surface area contributed by atoms with E-state index in [0.29, 0.717) is 12.5 Å². The van der Waals surface area contributed by atoms with Gasteiger partial charge in [-0.1, -0.05) is 48.5 Å². The molecule has 134 valence electrons. The first kappa shape index (κ1) is 19.0. The zero-order valence-corrected chi connectivity index (χ0v) is 15.1. The standard InChI is InChI=1S/C18H24N4O2S/c1-19-18(20-13-12-16-8-4-2-5-9-16)21-14-15-22-25(23,24)17-10-6-3-7-11-17/h2-11,22H,12-15H2,1H3,(H2,19,20,21). The summed E-state index contributed by atoms with van der Waals surface area (Å²) in [5.74, 6) is 0.648. The lowest BCUT2D eigenvalue weighted by Gasteiger charge is -2.12. The highest BCUT2D eigenvalue weighted by Gasteiger charge is 2.11. The van der Waals surface area contributed by atoms with Gasteiger partial charge >= 0.3 is 0 Å². The molecule has 7 heteroatoms. The van der Waals surface area contributed by atoms with Gasteiger partial charge in [-0.3, -0.25) is 4.99 Å². The molecule has 2 aromatic carbocycles. The number of aliphatic imine (C=N–C) groups is 1. The number of benzene rings is 2. The highest BCUT2D eigenvalue weighted by molar-refractivity contribution is 7.89. The largest absolute Gasteiger partial charge is 0.356 e. The van der Waals surface area contributed by atoms with Crippen LogP contribution in [0, 0.1) is 0 Å². The van der Waals surface area contributed by atoms with Crippen LogP contribution in [0.1, 0.15) is 5.56 Å². The number of sulfonamides is 1. The van der Waals surface area contributed by atoms with Gasteiger partial charge in [0.1, 0.15) is 0 Å². The highest BCUT2D eigenvalue weighted by atomic mass is 32.2. The summed E-state index contributed by atoms with van der Waals surface area (Å²) in [5.41, 5.74) is 1.25. The van der Waals surface area contributed by atoms with Crippen molar-refractivity contribution < 1.29 is 8.42 Å². The third-order valence-electron chi connectivity index (χ3n) is 3.54. The molecule has 25 heavy (non-hydrogen) atoms. The summed E-state index contributed by atoms with van der Waals surface area (Å²) in [6, 6.07) is 18.5. The second-order valence-electron chi connectivity index (χ2n) is 5.37. The van der Waals surface area contributed by atoms with Crippen molar-refractivity contribution in [1.82, 2.24) is 15.4 Å². The van der Waals surface area contributed by atoms with Crippen molar-refractivity contribution >= 4 is 16.0 Å². The van der Waals surface area contributed by atoms with Gasteiger partial charge in [-0.25, -0.2) is 13.1 Å². The quantitative estimate of drug-likeness (QED) is 0.377. The molecule has 0 aliphatic rings. The first-order valence-electron chi connectivity index (χ1n) is 8.15. The van der Waals surface area contributed by atoms with Crippen LogP contribution in [0.15, 0.2) is 70.6 Å². The van der Waals surface area contributed by atoms with Crippen LogP contribution in [0.3, 0.4) is 0 Å². The molecule has 0 aromatic heterocycles. The van der Waals surface area contributed by atoms with Crippen LogP contribution in [-0.2, 0) is 16.4 Å². The number of hydrogen-bond donors (Lipinski definition) is 3. The topological polar surface area (TPSA) is 82.6 Å². The molecule has 6 nitrogen and oxygen atoms in total. The number of guanidine groups is 1.